The first kappa shape index (κ1) is 25.2. The van der Waals surface area contributed by atoms with Gasteiger partial charge >= 0.3 is 12.1 Å². The predicted octanol–water partition coefficient (Wildman–Crippen LogP) is 4.10. The summed E-state index contributed by atoms with van der Waals surface area (Å²) in [5.74, 6) is -0.775. The normalized spacial score (nSPS) is 17.6. The first-order chi connectivity index (χ1) is 16.6. The molecule has 0 aliphatic carbocycles. The van der Waals surface area contributed by atoms with E-state index in [2.05, 4.69) is 10.4 Å². The molecule has 35 heavy (non-hydrogen) atoms. The maximum Gasteiger partial charge on any atom is 0.416 e. The van der Waals surface area contributed by atoms with Crippen LogP contribution >= 0.6 is 0 Å². The molecule has 10 heteroatoms. The Kier molecular flexibility index (Phi) is 7.21. The third-order valence-electron chi connectivity index (χ3n) is 6.94. The minimum Gasteiger partial charge on any atom is -0.462 e. The van der Waals surface area contributed by atoms with Crippen LogP contribution in [0, 0.1) is 12.3 Å². The quantitative estimate of drug-likeness (QED) is 0.484. The van der Waals surface area contributed by atoms with E-state index < -0.39 is 17.7 Å². The summed E-state index contributed by atoms with van der Waals surface area (Å²) in [5, 5.41) is 7.75. The zero-order chi connectivity index (χ0) is 25.2. The summed E-state index contributed by atoms with van der Waals surface area (Å²) < 4.78 is 51.2. The fourth-order valence-electron chi connectivity index (χ4n) is 4.92. The van der Waals surface area contributed by atoms with E-state index in [1.165, 1.54) is 6.92 Å². The van der Waals surface area contributed by atoms with Crippen LogP contribution in [0.4, 0.5) is 13.2 Å². The Morgan fingerprint density at radius 1 is 1.29 bits per heavy atom. The lowest BCUT2D eigenvalue weighted by atomic mass is 9.75. The minimum atomic E-state index is -4.47. The number of hydrogen-bond acceptors (Lipinski definition) is 5. The van der Waals surface area contributed by atoms with E-state index in [-0.39, 0.29) is 29.1 Å². The van der Waals surface area contributed by atoms with Crippen molar-refractivity contribution in [2.45, 2.75) is 58.7 Å². The number of hydrogen-bond donors (Lipinski definition) is 1. The van der Waals surface area contributed by atoms with E-state index in [0.29, 0.717) is 44.8 Å². The predicted molar refractivity (Wildman–Crippen MR) is 121 cm³/mol. The Balaban J connectivity index is 1.43. The summed E-state index contributed by atoms with van der Waals surface area (Å²) in [4.78, 5) is 25.3. The monoisotopic (exact) mass is 493 g/mol. The Morgan fingerprint density at radius 3 is 2.69 bits per heavy atom. The van der Waals surface area contributed by atoms with Gasteiger partial charge in [0.2, 0.25) is 0 Å². The molecule has 0 saturated carbocycles. The molecule has 3 heterocycles. The van der Waals surface area contributed by atoms with Crippen LogP contribution in [0.25, 0.3) is 0 Å². The minimum absolute atomic E-state index is 0.0535. The molecule has 0 bridgehead atoms. The highest BCUT2D eigenvalue weighted by atomic mass is 19.4. The molecule has 4 rings (SSSR count). The lowest BCUT2D eigenvalue weighted by Gasteiger charge is -2.36. The number of nitrogens with zero attached hydrogens (tertiary/aromatic N) is 2. The molecular formula is C25H30F3N3O4. The van der Waals surface area contributed by atoms with E-state index in [4.69, 9.17) is 9.47 Å². The molecule has 1 amide bonds. The Bertz CT molecular complexity index is 1100. The van der Waals surface area contributed by atoms with Crippen molar-refractivity contribution >= 4 is 11.9 Å². The first-order valence-corrected chi connectivity index (χ1v) is 11.9. The van der Waals surface area contributed by atoms with Crippen molar-refractivity contribution in [3.05, 3.63) is 51.8 Å². The van der Waals surface area contributed by atoms with E-state index >= 15 is 0 Å². The van der Waals surface area contributed by atoms with E-state index in [1.54, 1.807) is 4.68 Å². The van der Waals surface area contributed by atoms with Gasteiger partial charge in [-0.2, -0.15) is 18.3 Å². The second-order valence-electron chi connectivity index (χ2n) is 9.33. The molecule has 1 aromatic heterocycles. The summed E-state index contributed by atoms with van der Waals surface area (Å²) in [6.45, 7) is 6.00. The van der Waals surface area contributed by atoms with Crippen LogP contribution in [-0.2, 0) is 35.0 Å². The standard InChI is InChI=1S/C25H30F3N3O4/c1-3-31-21-19(14-24(15-29-22(21)32)8-11-34-12-9-24)20(30-31)5-4-10-35-23(33)18-7-6-17(13-16(18)2)25(26,27)28/h6-7,13H,3-5,8-12,14-15H2,1-2H3,(H,29,32). The molecule has 2 aliphatic heterocycles. The van der Waals surface area contributed by atoms with Crippen LogP contribution in [0.2, 0.25) is 0 Å². The molecule has 0 atom stereocenters. The highest BCUT2D eigenvalue weighted by Gasteiger charge is 2.39. The number of aryl methyl sites for hydroxylation is 3. The van der Waals surface area contributed by atoms with Crippen molar-refractivity contribution in [1.29, 1.82) is 0 Å². The largest absolute Gasteiger partial charge is 0.462 e. The van der Waals surface area contributed by atoms with Crippen LogP contribution in [0.3, 0.4) is 0 Å². The van der Waals surface area contributed by atoms with Gasteiger partial charge < -0.3 is 14.8 Å². The molecule has 0 unspecified atom stereocenters. The van der Waals surface area contributed by atoms with Crippen molar-refractivity contribution in [3.63, 3.8) is 0 Å². The van der Waals surface area contributed by atoms with E-state index in [0.717, 1.165) is 48.7 Å². The molecule has 2 aliphatic rings. The number of ether oxygens (including phenoxy) is 2. The van der Waals surface area contributed by atoms with Gasteiger partial charge in [-0.05, 0) is 75.1 Å². The van der Waals surface area contributed by atoms with Gasteiger partial charge in [0.05, 0.1) is 23.4 Å². The molecule has 1 spiro atoms. The van der Waals surface area contributed by atoms with Gasteiger partial charge in [0.1, 0.15) is 5.69 Å². The SMILES string of the molecule is CCn1nc(CCCOC(=O)c2ccc(C(F)(F)F)cc2C)c2c1C(=O)NCC1(CCOCC1)C2. The van der Waals surface area contributed by atoms with Gasteiger partial charge in [-0.25, -0.2) is 4.79 Å². The number of rotatable bonds is 6. The Hall–Kier alpha value is -2.88. The average Bonchev–Trinajstić information content (AvgIpc) is 3.10. The summed E-state index contributed by atoms with van der Waals surface area (Å²) in [5.41, 5.74) is 1.85. The molecule has 1 aromatic carbocycles. The van der Waals surface area contributed by atoms with Crippen molar-refractivity contribution in [1.82, 2.24) is 15.1 Å². The second-order valence-corrected chi connectivity index (χ2v) is 9.33. The van der Waals surface area contributed by atoms with Crippen LogP contribution in [0.1, 0.15) is 69.4 Å². The molecular weight excluding hydrogens is 463 g/mol. The van der Waals surface area contributed by atoms with Gasteiger partial charge in [0, 0.05) is 31.9 Å². The van der Waals surface area contributed by atoms with Crippen molar-refractivity contribution in [3.8, 4) is 0 Å². The Labute approximate surface area is 202 Å². The number of fused-ring (bicyclic) bond motifs is 1. The highest BCUT2D eigenvalue weighted by molar-refractivity contribution is 5.95. The summed E-state index contributed by atoms with van der Waals surface area (Å²) in [7, 11) is 0. The molecule has 1 saturated heterocycles. The zero-order valence-corrected chi connectivity index (χ0v) is 20.0. The number of carbonyl (C=O) groups is 2. The number of benzene rings is 1. The maximum atomic E-state index is 12.9. The smallest absolute Gasteiger partial charge is 0.416 e. The summed E-state index contributed by atoms with van der Waals surface area (Å²) in [6, 6.07) is 2.98. The van der Waals surface area contributed by atoms with Gasteiger partial charge in [0.15, 0.2) is 0 Å². The Morgan fingerprint density at radius 2 is 2.03 bits per heavy atom. The fourth-order valence-corrected chi connectivity index (χ4v) is 4.92. The molecule has 190 valence electrons. The lowest BCUT2D eigenvalue weighted by molar-refractivity contribution is -0.137. The van der Waals surface area contributed by atoms with E-state index in [9.17, 15) is 22.8 Å². The number of alkyl halides is 3. The van der Waals surface area contributed by atoms with Gasteiger partial charge in [-0.1, -0.05) is 0 Å². The number of aromatic nitrogens is 2. The molecule has 7 nitrogen and oxygen atoms in total. The van der Waals surface area contributed by atoms with Crippen molar-refractivity contribution in [2.24, 2.45) is 5.41 Å². The van der Waals surface area contributed by atoms with Crippen molar-refractivity contribution in [2.75, 3.05) is 26.4 Å². The zero-order valence-electron chi connectivity index (χ0n) is 20.0. The van der Waals surface area contributed by atoms with Crippen LogP contribution in [0.15, 0.2) is 18.2 Å². The molecule has 1 N–H and O–H groups in total. The lowest BCUT2D eigenvalue weighted by Crippen LogP contribution is -2.40. The third kappa shape index (κ3) is 5.37. The van der Waals surface area contributed by atoms with Gasteiger partial charge in [-0.3, -0.25) is 9.48 Å². The highest BCUT2D eigenvalue weighted by Crippen LogP contribution is 2.38. The molecule has 2 aromatic rings. The average molecular weight is 494 g/mol. The van der Waals surface area contributed by atoms with Crippen LogP contribution < -0.4 is 5.32 Å². The summed E-state index contributed by atoms with van der Waals surface area (Å²) in [6.07, 6.45) is -0.983. The second kappa shape index (κ2) is 10.0. The number of amides is 1. The first-order valence-electron chi connectivity index (χ1n) is 11.9. The number of esters is 1. The molecule has 0 radical (unpaired) electrons. The fraction of sp³-hybridized carbons (Fsp3) is 0.560. The topological polar surface area (TPSA) is 82.5 Å². The van der Waals surface area contributed by atoms with Crippen LogP contribution in [0.5, 0.6) is 0 Å². The number of nitrogens with one attached hydrogen (secondary N) is 1. The van der Waals surface area contributed by atoms with Crippen LogP contribution in [-0.4, -0.2) is 48.0 Å². The van der Waals surface area contributed by atoms with E-state index in [1.807, 2.05) is 6.92 Å². The van der Waals surface area contributed by atoms with Crippen molar-refractivity contribution < 1.29 is 32.2 Å². The molecule has 1 fully saturated rings. The number of halogens is 3. The third-order valence-corrected chi connectivity index (χ3v) is 6.94. The summed E-state index contributed by atoms with van der Waals surface area (Å²) >= 11 is 0. The maximum absolute atomic E-state index is 12.9. The van der Waals surface area contributed by atoms with Gasteiger partial charge in [0.25, 0.3) is 5.91 Å². The van der Waals surface area contributed by atoms with Gasteiger partial charge in [-0.15, -0.1) is 0 Å². The number of carbonyl (C=O) groups excluding carboxylic acids is 2.